The van der Waals surface area contributed by atoms with Crippen molar-refractivity contribution >= 4 is 5.91 Å². The summed E-state index contributed by atoms with van der Waals surface area (Å²) in [5.74, 6) is 0.695. The van der Waals surface area contributed by atoms with Gasteiger partial charge in [0.05, 0.1) is 12.0 Å². The van der Waals surface area contributed by atoms with Gasteiger partial charge in [0.1, 0.15) is 0 Å². The summed E-state index contributed by atoms with van der Waals surface area (Å²) in [6.45, 7) is 5.09. The molecule has 1 aliphatic carbocycles. The molecule has 1 atom stereocenters. The normalized spacial score (nSPS) is 27.3. The highest BCUT2D eigenvalue weighted by Crippen LogP contribution is 2.26. The van der Waals surface area contributed by atoms with E-state index < -0.39 is 0 Å². The number of rotatable bonds is 5. The number of carbonyl (C=O) groups is 1. The third-order valence-corrected chi connectivity index (χ3v) is 3.17. The van der Waals surface area contributed by atoms with Gasteiger partial charge in [0, 0.05) is 13.1 Å². The monoisotopic (exact) mass is 214 g/mol. The predicted octanol–water partition coefficient (Wildman–Crippen LogP) is 0.104. The lowest BCUT2D eigenvalue weighted by Crippen LogP contribution is -2.43. The molecule has 0 heterocycles. The Morgan fingerprint density at radius 3 is 2.53 bits per heavy atom. The quantitative estimate of drug-likeness (QED) is 0.608. The molecular formula is C11H22N2O2. The lowest BCUT2D eigenvalue weighted by atomic mass is 9.82. The summed E-state index contributed by atoms with van der Waals surface area (Å²) in [5, 5.41) is 12.0. The van der Waals surface area contributed by atoms with E-state index in [0.717, 1.165) is 12.8 Å². The van der Waals surface area contributed by atoms with Crippen molar-refractivity contribution in [3.05, 3.63) is 0 Å². The second kappa shape index (κ2) is 5.47. The number of aliphatic hydroxyl groups is 1. The van der Waals surface area contributed by atoms with Crippen molar-refractivity contribution in [1.29, 1.82) is 0 Å². The summed E-state index contributed by atoms with van der Waals surface area (Å²) in [5.41, 5.74) is 5.55. The summed E-state index contributed by atoms with van der Waals surface area (Å²) in [7, 11) is 0. The Balaban J connectivity index is 2.22. The average Bonchev–Trinajstić information content (AvgIpc) is 2.11. The molecule has 0 aromatic carbocycles. The summed E-state index contributed by atoms with van der Waals surface area (Å²) < 4.78 is 0. The second-order valence-corrected chi connectivity index (χ2v) is 4.82. The average molecular weight is 214 g/mol. The molecular weight excluding hydrogens is 192 g/mol. The molecule has 0 aromatic rings. The lowest BCUT2D eigenvalue weighted by molar-refractivity contribution is -0.126. The van der Waals surface area contributed by atoms with Gasteiger partial charge < -0.3 is 16.2 Å². The molecule has 4 heteroatoms. The minimum Gasteiger partial charge on any atom is -0.393 e. The molecule has 0 aliphatic heterocycles. The molecule has 0 saturated heterocycles. The summed E-state index contributed by atoms with van der Waals surface area (Å²) in [6, 6.07) is 0. The first-order valence-electron chi connectivity index (χ1n) is 5.70. The van der Waals surface area contributed by atoms with Crippen molar-refractivity contribution < 1.29 is 9.90 Å². The van der Waals surface area contributed by atoms with E-state index in [9.17, 15) is 4.79 Å². The van der Waals surface area contributed by atoms with Crippen LogP contribution in [0.5, 0.6) is 0 Å². The van der Waals surface area contributed by atoms with Gasteiger partial charge in [-0.3, -0.25) is 4.79 Å². The van der Waals surface area contributed by atoms with Crippen LogP contribution in [0.4, 0.5) is 0 Å². The van der Waals surface area contributed by atoms with Crippen LogP contribution in [0.25, 0.3) is 0 Å². The Labute approximate surface area is 91.2 Å². The Kier molecular flexibility index (Phi) is 4.54. The van der Waals surface area contributed by atoms with Crippen LogP contribution in [0.3, 0.4) is 0 Å². The van der Waals surface area contributed by atoms with Crippen molar-refractivity contribution in [2.45, 2.75) is 32.8 Å². The molecule has 88 valence electrons. The zero-order chi connectivity index (χ0) is 11.4. The van der Waals surface area contributed by atoms with Crippen molar-refractivity contribution in [3.8, 4) is 0 Å². The minimum absolute atomic E-state index is 0.0499. The third-order valence-electron chi connectivity index (χ3n) is 3.17. The molecule has 1 saturated carbocycles. The molecule has 1 amide bonds. The fourth-order valence-corrected chi connectivity index (χ4v) is 1.93. The predicted molar refractivity (Wildman–Crippen MR) is 59.1 cm³/mol. The summed E-state index contributed by atoms with van der Waals surface area (Å²) in [6.07, 6.45) is 1.48. The largest absolute Gasteiger partial charge is 0.393 e. The fourth-order valence-electron chi connectivity index (χ4n) is 1.93. The van der Waals surface area contributed by atoms with E-state index in [1.54, 1.807) is 0 Å². The van der Waals surface area contributed by atoms with E-state index >= 15 is 0 Å². The van der Waals surface area contributed by atoms with Crippen molar-refractivity contribution in [1.82, 2.24) is 5.32 Å². The SMILES string of the molecule is CC(C)C(CN)C(=O)NCC1CC(O)C1. The second-order valence-electron chi connectivity index (χ2n) is 4.82. The van der Waals surface area contributed by atoms with Crippen LogP contribution in [-0.2, 0) is 4.79 Å². The smallest absolute Gasteiger partial charge is 0.224 e. The standard InChI is InChI=1S/C11H22N2O2/c1-7(2)10(5-12)11(15)13-6-8-3-9(14)4-8/h7-10,14H,3-6,12H2,1-2H3,(H,13,15). The Hall–Kier alpha value is -0.610. The molecule has 0 spiro atoms. The Morgan fingerprint density at radius 1 is 1.53 bits per heavy atom. The van der Waals surface area contributed by atoms with Gasteiger partial charge in [-0.05, 0) is 24.7 Å². The fraction of sp³-hybridized carbons (Fsp3) is 0.909. The van der Waals surface area contributed by atoms with E-state index in [-0.39, 0.29) is 23.8 Å². The van der Waals surface area contributed by atoms with Gasteiger partial charge in [-0.1, -0.05) is 13.8 Å². The first kappa shape index (κ1) is 12.5. The molecule has 4 nitrogen and oxygen atoms in total. The van der Waals surface area contributed by atoms with Gasteiger partial charge in [0.2, 0.25) is 5.91 Å². The van der Waals surface area contributed by atoms with Gasteiger partial charge in [-0.25, -0.2) is 0 Å². The summed E-state index contributed by atoms with van der Waals surface area (Å²) >= 11 is 0. The van der Waals surface area contributed by atoms with Gasteiger partial charge in [-0.15, -0.1) is 0 Å². The van der Waals surface area contributed by atoms with Crippen molar-refractivity contribution in [3.63, 3.8) is 0 Å². The van der Waals surface area contributed by atoms with E-state index in [0.29, 0.717) is 19.0 Å². The van der Waals surface area contributed by atoms with Crippen LogP contribution < -0.4 is 11.1 Å². The molecule has 0 radical (unpaired) electrons. The molecule has 1 aliphatic rings. The molecule has 0 bridgehead atoms. The number of amides is 1. The van der Waals surface area contributed by atoms with Gasteiger partial charge in [0.25, 0.3) is 0 Å². The third kappa shape index (κ3) is 3.47. The molecule has 0 aromatic heterocycles. The maximum Gasteiger partial charge on any atom is 0.224 e. The number of carbonyl (C=O) groups excluding carboxylic acids is 1. The maximum atomic E-state index is 11.7. The Morgan fingerprint density at radius 2 is 2.13 bits per heavy atom. The zero-order valence-electron chi connectivity index (χ0n) is 9.57. The maximum absolute atomic E-state index is 11.7. The number of hydrogen-bond acceptors (Lipinski definition) is 3. The minimum atomic E-state index is -0.151. The first-order chi connectivity index (χ1) is 7.04. The Bertz CT molecular complexity index is 213. The molecule has 4 N–H and O–H groups in total. The highest BCUT2D eigenvalue weighted by Gasteiger charge is 2.28. The van der Waals surface area contributed by atoms with Crippen molar-refractivity contribution in [2.75, 3.05) is 13.1 Å². The van der Waals surface area contributed by atoms with Crippen LogP contribution >= 0.6 is 0 Å². The number of hydrogen-bond donors (Lipinski definition) is 3. The highest BCUT2D eigenvalue weighted by molar-refractivity contribution is 5.79. The molecule has 1 fully saturated rings. The van der Waals surface area contributed by atoms with E-state index in [2.05, 4.69) is 5.32 Å². The molecule has 1 unspecified atom stereocenters. The molecule has 15 heavy (non-hydrogen) atoms. The lowest BCUT2D eigenvalue weighted by Gasteiger charge is -2.32. The summed E-state index contributed by atoms with van der Waals surface area (Å²) in [4.78, 5) is 11.7. The van der Waals surface area contributed by atoms with Gasteiger partial charge >= 0.3 is 0 Å². The van der Waals surface area contributed by atoms with Crippen molar-refractivity contribution in [2.24, 2.45) is 23.5 Å². The zero-order valence-corrected chi connectivity index (χ0v) is 9.57. The van der Waals surface area contributed by atoms with E-state index in [1.165, 1.54) is 0 Å². The number of nitrogens with one attached hydrogen (secondary N) is 1. The van der Waals surface area contributed by atoms with Crippen LogP contribution in [0, 0.1) is 17.8 Å². The topological polar surface area (TPSA) is 75.4 Å². The number of aliphatic hydroxyl groups excluding tert-OH is 1. The number of nitrogens with two attached hydrogens (primary N) is 1. The van der Waals surface area contributed by atoms with Gasteiger partial charge in [-0.2, -0.15) is 0 Å². The van der Waals surface area contributed by atoms with Crippen LogP contribution in [0.1, 0.15) is 26.7 Å². The first-order valence-corrected chi connectivity index (χ1v) is 5.70. The van der Waals surface area contributed by atoms with Crippen LogP contribution in [0.2, 0.25) is 0 Å². The molecule has 1 rings (SSSR count). The van der Waals surface area contributed by atoms with Crippen LogP contribution in [-0.4, -0.2) is 30.2 Å². The van der Waals surface area contributed by atoms with Gasteiger partial charge in [0.15, 0.2) is 0 Å². The highest BCUT2D eigenvalue weighted by atomic mass is 16.3. The van der Waals surface area contributed by atoms with E-state index in [1.807, 2.05) is 13.8 Å². The van der Waals surface area contributed by atoms with E-state index in [4.69, 9.17) is 10.8 Å². The van der Waals surface area contributed by atoms with Crippen LogP contribution in [0.15, 0.2) is 0 Å².